The van der Waals surface area contributed by atoms with Crippen molar-refractivity contribution < 1.29 is 13.9 Å². The third-order valence-corrected chi connectivity index (χ3v) is 6.52. The number of aromatic amines is 1. The Morgan fingerprint density at radius 1 is 1.21 bits per heavy atom. The van der Waals surface area contributed by atoms with Crippen molar-refractivity contribution in [2.45, 2.75) is 25.9 Å². The first-order valence-electron chi connectivity index (χ1n) is 11.7. The highest BCUT2D eigenvalue weighted by molar-refractivity contribution is 5.95. The van der Waals surface area contributed by atoms with Crippen LogP contribution in [0.2, 0.25) is 0 Å². The average molecular weight is 466 g/mol. The Bertz CT molecular complexity index is 1270. The van der Waals surface area contributed by atoms with Crippen molar-refractivity contribution in [3.8, 4) is 0 Å². The van der Waals surface area contributed by atoms with E-state index in [-0.39, 0.29) is 17.2 Å². The normalized spacial score (nSPS) is 17.1. The fourth-order valence-electron chi connectivity index (χ4n) is 4.41. The van der Waals surface area contributed by atoms with Gasteiger partial charge in [0.05, 0.1) is 35.9 Å². The van der Waals surface area contributed by atoms with Gasteiger partial charge < -0.3 is 19.9 Å². The predicted octanol–water partition coefficient (Wildman–Crippen LogP) is 2.08. The van der Waals surface area contributed by atoms with Gasteiger partial charge in [-0.1, -0.05) is 6.92 Å². The minimum Gasteiger partial charge on any atom is -0.377 e. The molecule has 0 spiro atoms. The number of piperazine rings is 1. The van der Waals surface area contributed by atoms with Crippen LogP contribution < -0.4 is 15.8 Å². The lowest BCUT2D eigenvalue weighted by atomic mass is 10.1. The summed E-state index contributed by atoms with van der Waals surface area (Å²) in [5.41, 5.74) is 4.10. The van der Waals surface area contributed by atoms with Gasteiger partial charge in [0.15, 0.2) is 0 Å². The number of aryl methyl sites for hydroxylation is 1. The summed E-state index contributed by atoms with van der Waals surface area (Å²) in [7, 11) is 0. The molecule has 178 valence electrons. The number of rotatable bonds is 6. The Kier molecular flexibility index (Phi) is 6.30. The van der Waals surface area contributed by atoms with Gasteiger partial charge in [0.25, 0.3) is 11.5 Å². The molecule has 9 heteroatoms. The van der Waals surface area contributed by atoms with Crippen LogP contribution in [0, 0.1) is 5.82 Å². The van der Waals surface area contributed by atoms with Crippen LogP contribution in [0.3, 0.4) is 0 Å². The van der Waals surface area contributed by atoms with Gasteiger partial charge in [-0.2, -0.15) is 0 Å². The van der Waals surface area contributed by atoms with E-state index >= 15 is 0 Å². The number of fused-ring (bicyclic) bond motifs is 1. The molecule has 0 unspecified atom stereocenters. The molecule has 2 aromatic heterocycles. The maximum atomic E-state index is 14.6. The number of pyridine rings is 2. The second kappa shape index (κ2) is 9.52. The zero-order valence-corrected chi connectivity index (χ0v) is 19.1. The highest BCUT2D eigenvalue weighted by atomic mass is 19.1. The topological polar surface area (TPSA) is 90.6 Å². The molecule has 0 bridgehead atoms. The second-order valence-electron chi connectivity index (χ2n) is 8.89. The number of aromatic nitrogens is 2. The van der Waals surface area contributed by atoms with Crippen LogP contribution in [0.4, 0.5) is 10.1 Å². The van der Waals surface area contributed by atoms with Crippen molar-refractivity contribution in [1.29, 1.82) is 0 Å². The SMILES string of the molecule is CCc1cc2ncc(CN3CCN(c4ccc(C(=O)NC5COC5)c(F)c4)CC3)cc2[nH]c1=O. The van der Waals surface area contributed by atoms with Gasteiger partial charge in [-0.3, -0.25) is 19.5 Å². The Hall–Kier alpha value is -3.30. The molecule has 2 fully saturated rings. The number of halogens is 1. The lowest BCUT2D eigenvalue weighted by Crippen LogP contribution is -2.48. The van der Waals surface area contributed by atoms with Gasteiger partial charge in [-0.05, 0) is 42.3 Å². The number of H-pyrrole nitrogens is 1. The molecule has 2 aliphatic heterocycles. The van der Waals surface area contributed by atoms with E-state index in [1.54, 1.807) is 12.1 Å². The molecule has 3 aromatic rings. The number of hydrogen-bond donors (Lipinski definition) is 2. The maximum absolute atomic E-state index is 14.6. The van der Waals surface area contributed by atoms with E-state index in [0.29, 0.717) is 19.6 Å². The molecule has 0 saturated carbocycles. The van der Waals surface area contributed by atoms with Crippen LogP contribution in [-0.4, -0.2) is 66.2 Å². The Morgan fingerprint density at radius 2 is 2.00 bits per heavy atom. The van der Waals surface area contributed by atoms with Crippen molar-refractivity contribution >= 4 is 22.6 Å². The molecule has 0 radical (unpaired) electrons. The molecule has 8 nitrogen and oxygen atoms in total. The van der Waals surface area contributed by atoms with Crippen molar-refractivity contribution in [3.63, 3.8) is 0 Å². The fraction of sp³-hybridized carbons (Fsp3) is 0.400. The number of amides is 1. The minimum absolute atomic E-state index is 0.0356. The van der Waals surface area contributed by atoms with Crippen LogP contribution in [0.5, 0.6) is 0 Å². The number of benzene rings is 1. The van der Waals surface area contributed by atoms with E-state index in [1.807, 2.05) is 25.3 Å². The number of nitrogens with one attached hydrogen (secondary N) is 2. The molecular weight excluding hydrogens is 437 g/mol. The molecular formula is C25H28FN5O3. The van der Waals surface area contributed by atoms with Crippen molar-refractivity contribution in [2.75, 3.05) is 44.3 Å². The van der Waals surface area contributed by atoms with Crippen molar-refractivity contribution in [2.24, 2.45) is 0 Å². The first-order chi connectivity index (χ1) is 16.5. The molecule has 4 heterocycles. The molecule has 2 aliphatic rings. The van der Waals surface area contributed by atoms with Crippen LogP contribution in [-0.2, 0) is 17.7 Å². The summed E-state index contributed by atoms with van der Waals surface area (Å²) in [4.78, 5) is 36.3. The number of ether oxygens (including phenoxy) is 1. The number of anilines is 1. The molecule has 0 atom stereocenters. The summed E-state index contributed by atoms with van der Waals surface area (Å²) < 4.78 is 19.7. The highest BCUT2D eigenvalue weighted by Gasteiger charge is 2.24. The summed E-state index contributed by atoms with van der Waals surface area (Å²) in [6.45, 7) is 6.77. The van der Waals surface area contributed by atoms with Gasteiger partial charge in [0.1, 0.15) is 5.82 Å². The third-order valence-electron chi connectivity index (χ3n) is 6.52. The summed E-state index contributed by atoms with van der Waals surface area (Å²) in [5.74, 6) is -0.918. The van der Waals surface area contributed by atoms with Gasteiger partial charge in [-0.15, -0.1) is 0 Å². The quantitative estimate of drug-likeness (QED) is 0.579. The monoisotopic (exact) mass is 465 g/mol. The second-order valence-corrected chi connectivity index (χ2v) is 8.89. The highest BCUT2D eigenvalue weighted by Crippen LogP contribution is 2.22. The van der Waals surface area contributed by atoms with Gasteiger partial charge in [0, 0.05) is 50.2 Å². The van der Waals surface area contributed by atoms with E-state index in [1.165, 1.54) is 6.07 Å². The van der Waals surface area contributed by atoms with Crippen LogP contribution >= 0.6 is 0 Å². The van der Waals surface area contributed by atoms with E-state index < -0.39 is 11.7 Å². The van der Waals surface area contributed by atoms with E-state index in [2.05, 4.69) is 25.1 Å². The molecule has 2 N–H and O–H groups in total. The number of hydrogen-bond acceptors (Lipinski definition) is 6. The zero-order valence-electron chi connectivity index (χ0n) is 19.1. The van der Waals surface area contributed by atoms with Gasteiger partial charge in [-0.25, -0.2) is 4.39 Å². The first kappa shape index (κ1) is 22.5. The summed E-state index contributed by atoms with van der Waals surface area (Å²) in [6, 6.07) is 8.61. The predicted molar refractivity (Wildman–Crippen MR) is 128 cm³/mol. The van der Waals surface area contributed by atoms with Crippen LogP contribution in [0.25, 0.3) is 11.0 Å². The van der Waals surface area contributed by atoms with Crippen molar-refractivity contribution in [1.82, 2.24) is 20.2 Å². The molecule has 34 heavy (non-hydrogen) atoms. The number of nitrogens with zero attached hydrogens (tertiary/aromatic N) is 3. The number of carbonyl (C=O) groups is 1. The largest absolute Gasteiger partial charge is 0.377 e. The third kappa shape index (κ3) is 4.67. The lowest BCUT2D eigenvalue weighted by Gasteiger charge is -2.36. The molecule has 0 aliphatic carbocycles. The minimum atomic E-state index is -0.514. The van der Waals surface area contributed by atoms with E-state index in [4.69, 9.17) is 4.74 Å². The summed E-state index contributed by atoms with van der Waals surface area (Å²) in [6.07, 6.45) is 2.54. The van der Waals surface area contributed by atoms with Gasteiger partial charge >= 0.3 is 0 Å². The smallest absolute Gasteiger partial charge is 0.254 e. The Labute approximate surface area is 196 Å². The standard InChI is InChI=1S/C25H28FN5O3/c1-2-17-10-22-23(29-24(17)32)9-16(12-27-22)13-30-5-7-31(8-6-30)19-3-4-20(21(26)11-19)25(33)28-18-14-34-15-18/h3-4,9-12,18H,2,5-8,13-15H2,1H3,(H,28,33)(H,29,32). The van der Waals surface area contributed by atoms with E-state index in [0.717, 1.165) is 60.6 Å². The average Bonchev–Trinajstić information content (AvgIpc) is 2.81. The van der Waals surface area contributed by atoms with Crippen LogP contribution in [0.1, 0.15) is 28.4 Å². The van der Waals surface area contributed by atoms with E-state index in [9.17, 15) is 14.0 Å². The Morgan fingerprint density at radius 3 is 2.68 bits per heavy atom. The zero-order chi connectivity index (χ0) is 23.7. The fourth-order valence-corrected chi connectivity index (χ4v) is 4.41. The van der Waals surface area contributed by atoms with Gasteiger partial charge in [0.2, 0.25) is 0 Å². The first-order valence-corrected chi connectivity index (χ1v) is 11.7. The Balaban J connectivity index is 1.19. The summed E-state index contributed by atoms with van der Waals surface area (Å²) >= 11 is 0. The lowest BCUT2D eigenvalue weighted by molar-refractivity contribution is -0.00352. The van der Waals surface area contributed by atoms with Crippen molar-refractivity contribution in [3.05, 3.63) is 69.4 Å². The number of carbonyl (C=O) groups excluding carboxylic acids is 1. The summed E-state index contributed by atoms with van der Waals surface area (Å²) in [5, 5.41) is 2.77. The van der Waals surface area contributed by atoms with Crippen LogP contribution in [0.15, 0.2) is 41.3 Å². The molecule has 2 saturated heterocycles. The maximum Gasteiger partial charge on any atom is 0.254 e. The molecule has 5 rings (SSSR count). The molecule has 1 amide bonds. The molecule has 1 aromatic carbocycles.